The lowest BCUT2D eigenvalue weighted by atomic mass is 10.4. The summed E-state index contributed by atoms with van der Waals surface area (Å²) in [5.74, 6) is 0.0194. The Morgan fingerprint density at radius 1 is 1.60 bits per heavy atom. The number of rotatable bonds is 4. The number of hydrogen-bond donors (Lipinski definition) is 1. The fourth-order valence-corrected chi connectivity index (χ4v) is 1.03. The lowest BCUT2D eigenvalue weighted by Gasteiger charge is -2.07. The standard InChI is InChI=1S/C8H9ClF2N2O.ClH/c1-12-5-2-6(9)8(13-3-5)14-4-7(10)11;/h2-3,7,12H,4H2,1H3;1H. The Morgan fingerprint density at radius 2 is 2.27 bits per heavy atom. The second-order valence-electron chi connectivity index (χ2n) is 2.46. The maximum atomic E-state index is 11.8. The van der Waals surface area contributed by atoms with Gasteiger partial charge in [-0.2, -0.15) is 0 Å². The Labute approximate surface area is 97.2 Å². The molecule has 0 saturated heterocycles. The first-order valence-electron chi connectivity index (χ1n) is 3.87. The molecule has 1 rings (SSSR count). The monoisotopic (exact) mass is 258 g/mol. The molecule has 0 unspecified atom stereocenters. The van der Waals surface area contributed by atoms with Gasteiger partial charge in [0, 0.05) is 7.05 Å². The molecule has 0 radical (unpaired) electrons. The fraction of sp³-hybridized carbons (Fsp3) is 0.375. The van der Waals surface area contributed by atoms with Gasteiger partial charge in [-0.1, -0.05) is 11.6 Å². The van der Waals surface area contributed by atoms with E-state index < -0.39 is 13.0 Å². The Morgan fingerprint density at radius 3 is 2.73 bits per heavy atom. The van der Waals surface area contributed by atoms with Crippen molar-refractivity contribution in [2.75, 3.05) is 19.0 Å². The van der Waals surface area contributed by atoms with E-state index in [4.69, 9.17) is 11.6 Å². The molecule has 0 amide bonds. The highest BCUT2D eigenvalue weighted by molar-refractivity contribution is 6.32. The highest BCUT2D eigenvalue weighted by atomic mass is 35.5. The van der Waals surface area contributed by atoms with Crippen LogP contribution in [0.4, 0.5) is 14.5 Å². The van der Waals surface area contributed by atoms with E-state index in [9.17, 15) is 8.78 Å². The number of anilines is 1. The molecule has 1 aromatic heterocycles. The number of halogens is 4. The van der Waals surface area contributed by atoms with Crippen molar-refractivity contribution in [1.82, 2.24) is 4.98 Å². The molecule has 0 saturated carbocycles. The molecule has 3 nitrogen and oxygen atoms in total. The molecule has 15 heavy (non-hydrogen) atoms. The third-order valence-corrected chi connectivity index (χ3v) is 1.71. The zero-order chi connectivity index (χ0) is 10.6. The molecule has 0 aliphatic rings. The average molecular weight is 259 g/mol. The highest BCUT2D eigenvalue weighted by Crippen LogP contribution is 2.24. The van der Waals surface area contributed by atoms with Crippen LogP contribution in [0.15, 0.2) is 12.3 Å². The summed E-state index contributed by atoms with van der Waals surface area (Å²) in [6.45, 7) is -0.703. The third-order valence-electron chi connectivity index (χ3n) is 1.44. The van der Waals surface area contributed by atoms with Gasteiger partial charge in [-0.05, 0) is 6.07 Å². The lowest BCUT2D eigenvalue weighted by Crippen LogP contribution is -2.08. The van der Waals surface area contributed by atoms with Crippen LogP contribution in [0.5, 0.6) is 5.88 Å². The zero-order valence-electron chi connectivity index (χ0n) is 7.84. The quantitative estimate of drug-likeness (QED) is 0.902. The SMILES string of the molecule is CNc1cnc(OCC(F)F)c(Cl)c1.Cl. The van der Waals surface area contributed by atoms with Gasteiger partial charge in [0.25, 0.3) is 6.43 Å². The Hall–Kier alpha value is -0.810. The van der Waals surface area contributed by atoms with Crippen LogP contribution in [0.2, 0.25) is 5.02 Å². The summed E-state index contributed by atoms with van der Waals surface area (Å²) in [5, 5.41) is 3.02. The summed E-state index contributed by atoms with van der Waals surface area (Å²) in [5.41, 5.74) is 0.694. The van der Waals surface area contributed by atoms with E-state index in [2.05, 4.69) is 15.0 Å². The highest BCUT2D eigenvalue weighted by Gasteiger charge is 2.08. The number of pyridine rings is 1. The van der Waals surface area contributed by atoms with Gasteiger partial charge < -0.3 is 10.1 Å². The van der Waals surface area contributed by atoms with E-state index in [0.717, 1.165) is 0 Å². The minimum atomic E-state index is -2.53. The maximum Gasteiger partial charge on any atom is 0.272 e. The smallest absolute Gasteiger partial charge is 0.272 e. The van der Waals surface area contributed by atoms with Crippen molar-refractivity contribution in [3.63, 3.8) is 0 Å². The van der Waals surface area contributed by atoms with Crippen LogP contribution in [-0.2, 0) is 0 Å². The van der Waals surface area contributed by atoms with Crippen molar-refractivity contribution in [1.29, 1.82) is 0 Å². The predicted molar refractivity (Wildman–Crippen MR) is 57.5 cm³/mol. The van der Waals surface area contributed by atoms with E-state index in [-0.39, 0.29) is 23.3 Å². The number of nitrogens with zero attached hydrogens (tertiary/aromatic N) is 1. The topological polar surface area (TPSA) is 34.2 Å². The zero-order valence-corrected chi connectivity index (χ0v) is 9.41. The summed E-state index contributed by atoms with van der Waals surface area (Å²) >= 11 is 5.72. The van der Waals surface area contributed by atoms with Gasteiger partial charge in [-0.3, -0.25) is 0 Å². The van der Waals surface area contributed by atoms with Crippen LogP contribution in [0.1, 0.15) is 0 Å². The molecular formula is C8H10Cl2F2N2O. The lowest BCUT2D eigenvalue weighted by molar-refractivity contribution is 0.0797. The molecule has 86 valence electrons. The van der Waals surface area contributed by atoms with Gasteiger partial charge in [0.15, 0.2) is 6.61 Å². The van der Waals surface area contributed by atoms with Crippen LogP contribution in [0, 0.1) is 0 Å². The molecule has 1 N–H and O–H groups in total. The number of nitrogens with one attached hydrogen (secondary N) is 1. The molecule has 1 heterocycles. The Kier molecular flexibility index (Phi) is 6.27. The summed E-state index contributed by atoms with van der Waals surface area (Å²) in [6, 6.07) is 1.55. The van der Waals surface area contributed by atoms with E-state index in [1.54, 1.807) is 13.1 Å². The second kappa shape index (κ2) is 6.63. The summed E-state index contributed by atoms with van der Waals surface area (Å²) in [4.78, 5) is 3.77. The van der Waals surface area contributed by atoms with E-state index in [0.29, 0.717) is 5.69 Å². The van der Waals surface area contributed by atoms with Crippen molar-refractivity contribution in [2.24, 2.45) is 0 Å². The molecule has 0 atom stereocenters. The maximum absolute atomic E-state index is 11.8. The fourth-order valence-electron chi connectivity index (χ4n) is 0.810. The van der Waals surface area contributed by atoms with Crippen molar-refractivity contribution in [3.05, 3.63) is 17.3 Å². The Bertz CT molecular complexity index is 313. The average Bonchev–Trinajstić information content (AvgIpc) is 2.15. The largest absolute Gasteiger partial charge is 0.471 e. The van der Waals surface area contributed by atoms with Gasteiger partial charge in [0.1, 0.15) is 5.02 Å². The van der Waals surface area contributed by atoms with Crippen LogP contribution in [0.25, 0.3) is 0 Å². The molecule has 0 aliphatic heterocycles. The van der Waals surface area contributed by atoms with Crippen LogP contribution in [0.3, 0.4) is 0 Å². The molecular weight excluding hydrogens is 249 g/mol. The normalized spacial score (nSPS) is 9.67. The molecule has 0 fully saturated rings. The molecule has 0 spiro atoms. The molecule has 0 aromatic carbocycles. The van der Waals surface area contributed by atoms with Gasteiger partial charge in [-0.15, -0.1) is 12.4 Å². The van der Waals surface area contributed by atoms with Crippen molar-refractivity contribution >= 4 is 29.7 Å². The number of hydrogen-bond acceptors (Lipinski definition) is 3. The minimum absolute atomic E-state index is 0. The number of ether oxygens (including phenoxy) is 1. The van der Waals surface area contributed by atoms with Crippen LogP contribution < -0.4 is 10.1 Å². The second-order valence-corrected chi connectivity index (χ2v) is 2.87. The van der Waals surface area contributed by atoms with Gasteiger partial charge in [0.2, 0.25) is 5.88 Å². The molecule has 0 aliphatic carbocycles. The first kappa shape index (κ1) is 14.2. The summed E-state index contributed by atoms with van der Waals surface area (Å²) < 4.78 is 28.3. The molecule has 0 bridgehead atoms. The van der Waals surface area contributed by atoms with Gasteiger partial charge >= 0.3 is 0 Å². The Balaban J connectivity index is 0.00000196. The molecule has 7 heteroatoms. The van der Waals surface area contributed by atoms with Gasteiger partial charge in [-0.25, -0.2) is 13.8 Å². The first-order valence-corrected chi connectivity index (χ1v) is 4.25. The van der Waals surface area contributed by atoms with Crippen molar-refractivity contribution in [2.45, 2.75) is 6.43 Å². The predicted octanol–water partition coefficient (Wildman–Crippen LogP) is 2.84. The number of aromatic nitrogens is 1. The van der Waals surface area contributed by atoms with E-state index in [1.165, 1.54) is 6.20 Å². The number of alkyl halides is 2. The van der Waals surface area contributed by atoms with Crippen molar-refractivity contribution in [3.8, 4) is 5.88 Å². The first-order chi connectivity index (χ1) is 6.63. The van der Waals surface area contributed by atoms with E-state index >= 15 is 0 Å². The van der Waals surface area contributed by atoms with E-state index in [1.807, 2.05) is 0 Å². The van der Waals surface area contributed by atoms with Crippen LogP contribution in [-0.4, -0.2) is 25.1 Å². The third kappa shape index (κ3) is 4.48. The minimum Gasteiger partial charge on any atom is -0.471 e. The molecule has 1 aromatic rings. The van der Waals surface area contributed by atoms with Gasteiger partial charge in [0.05, 0.1) is 11.9 Å². The van der Waals surface area contributed by atoms with Crippen LogP contribution >= 0.6 is 24.0 Å². The summed E-state index contributed by atoms with van der Waals surface area (Å²) in [7, 11) is 1.70. The van der Waals surface area contributed by atoms with Crippen molar-refractivity contribution < 1.29 is 13.5 Å². The summed E-state index contributed by atoms with van der Waals surface area (Å²) in [6.07, 6.45) is -1.08.